The zero-order valence-electron chi connectivity index (χ0n) is 6.78. The molecule has 0 spiro atoms. The van der Waals surface area contributed by atoms with Crippen LogP contribution < -0.4 is 0 Å². The van der Waals surface area contributed by atoms with Crippen LogP contribution in [0.3, 0.4) is 0 Å². The van der Waals surface area contributed by atoms with Crippen molar-refractivity contribution in [3.8, 4) is 12.5 Å². The molecule has 1 aromatic heterocycles. The standard InChI is InChI=1S/C9H9NO2/c1-3-10-6-8-4-5-9(12-8)7-11-2/h1,4-6H,7H2,2H3. The van der Waals surface area contributed by atoms with E-state index in [0.29, 0.717) is 12.4 Å². The van der Waals surface area contributed by atoms with Gasteiger partial charge in [0.1, 0.15) is 18.1 Å². The summed E-state index contributed by atoms with van der Waals surface area (Å²) in [5.41, 5.74) is 0. The molecule has 12 heavy (non-hydrogen) atoms. The Labute approximate surface area is 71.1 Å². The second kappa shape index (κ2) is 4.37. The average Bonchev–Trinajstić information content (AvgIpc) is 2.50. The lowest BCUT2D eigenvalue weighted by Gasteiger charge is -1.90. The highest BCUT2D eigenvalue weighted by atomic mass is 16.5. The molecular formula is C9H9NO2. The lowest BCUT2D eigenvalue weighted by Crippen LogP contribution is -1.82. The summed E-state index contributed by atoms with van der Waals surface area (Å²) in [5.74, 6) is 1.40. The zero-order valence-corrected chi connectivity index (χ0v) is 6.78. The number of terminal acetylenes is 1. The van der Waals surface area contributed by atoms with Crippen LogP contribution in [0.2, 0.25) is 0 Å². The van der Waals surface area contributed by atoms with E-state index in [-0.39, 0.29) is 0 Å². The summed E-state index contributed by atoms with van der Waals surface area (Å²) in [7, 11) is 1.61. The minimum atomic E-state index is 0.462. The molecular weight excluding hydrogens is 154 g/mol. The predicted molar refractivity (Wildman–Crippen MR) is 45.8 cm³/mol. The Kier molecular flexibility index (Phi) is 3.12. The first kappa shape index (κ1) is 8.57. The Morgan fingerprint density at radius 2 is 2.58 bits per heavy atom. The monoisotopic (exact) mass is 163 g/mol. The van der Waals surface area contributed by atoms with Crippen molar-refractivity contribution in [3.63, 3.8) is 0 Å². The number of methoxy groups -OCH3 is 1. The molecule has 0 saturated carbocycles. The van der Waals surface area contributed by atoms with Crippen molar-refractivity contribution in [2.75, 3.05) is 7.11 Å². The van der Waals surface area contributed by atoms with E-state index in [4.69, 9.17) is 15.6 Å². The van der Waals surface area contributed by atoms with Crippen LogP contribution in [0.25, 0.3) is 0 Å². The van der Waals surface area contributed by atoms with Crippen molar-refractivity contribution in [3.05, 3.63) is 23.7 Å². The van der Waals surface area contributed by atoms with Crippen molar-refractivity contribution in [2.24, 2.45) is 4.99 Å². The molecule has 0 saturated heterocycles. The molecule has 0 unspecified atom stereocenters. The predicted octanol–water partition coefficient (Wildman–Crippen LogP) is 1.44. The van der Waals surface area contributed by atoms with Gasteiger partial charge in [0.05, 0.1) is 6.21 Å². The smallest absolute Gasteiger partial charge is 0.146 e. The molecule has 0 aromatic carbocycles. The van der Waals surface area contributed by atoms with Crippen LogP contribution in [0.4, 0.5) is 0 Å². The first-order valence-corrected chi connectivity index (χ1v) is 3.43. The van der Waals surface area contributed by atoms with Crippen molar-refractivity contribution in [1.29, 1.82) is 0 Å². The Bertz CT molecular complexity index is 307. The first-order chi connectivity index (χ1) is 5.86. The molecule has 0 aliphatic heterocycles. The number of hydrogen-bond donors (Lipinski definition) is 0. The van der Waals surface area contributed by atoms with E-state index < -0.39 is 0 Å². The minimum Gasteiger partial charge on any atom is -0.458 e. The highest BCUT2D eigenvalue weighted by Crippen LogP contribution is 2.06. The maximum absolute atomic E-state index is 5.26. The van der Waals surface area contributed by atoms with Gasteiger partial charge in [0, 0.05) is 13.2 Å². The van der Waals surface area contributed by atoms with Gasteiger partial charge in [-0.2, -0.15) is 0 Å². The van der Waals surface area contributed by atoms with E-state index in [1.165, 1.54) is 6.21 Å². The highest BCUT2D eigenvalue weighted by Gasteiger charge is 1.97. The lowest BCUT2D eigenvalue weighted by molar-refractivity contribution is 0.164. The molecule has 0 fully saturated rings. The maximum Gasteiger partial charge on any atom is 0.146 e. The summed E-state index contributed by atoms with van der Waals surface area (Å²) in [6.07, 6.45) is 6.41. The zero-order chi connectivity index (χ0) is 8.81. The van der Waals surface area contributed by atoms with Gasteiger partial charge >= 0.3 is 0 Å². The number of rotatable bonds is 3. The van der Waals surface area contributed by atoms with E-state index in [2.05, 4.69) is 11.0 Å². The molecule has 0 N–H and O–H groups in total. The van der Waals surface area contributed by atoms with E-state index in [0.717, 1.165) is 5.76 Å². The SMILES string of the molecule is C#CN=Cc1ccc(COC)o1. The number of nitrogens with zero attached hydrogens (tertiary/aromatic N) is 1. The molecule has 1 heterocycles. The van der Waals surface area contributed by atoms with Crippen LogP contribution in [-0.2, 0) is 11.3 Å². The fourth-order valence-corrected chi connectivity index (χ4v) is 0.785. The van der Waals surface area contributed by atoms with Crippen molar-refractivity contribution in [2.45, 2.75) is 6.61 Å². The van der Waals surface area contributed by atoms with Crippen LogP contribution in [0.1, 0.15) is 11.5 Å². The summed E-state index contributed by atoms with van der Waals surface area (Å²) in [5, 5.41) is 0. The molecule has 0 aliphatic carbocycles. The van der Waals surface area contributed by atoms with Gasteiger partial charge < -0.3 is 9.15 Å². The van der Waals surface area contributed by atoms with Crippen molar-refractivity contribution in [1.82, 2.24) is 0 Å². The lowest BCUT2D eigenvalue weighted by atomic mass is 10.4. The van der Waals surface area contributed by atoms with Crippen LogP contribution in [-0.4, -0.2) is 13.3 Å². The molecule has 1 aromatic rings. The van der Waals surface area contributed by atoms with Gasteiger partial charge in [-0.15, -0.1) is 0 Å². The Morgan fingerprint density at radius 3 is 3.25 bits per heavy atom. The Hall–Kier alpha value is -1.53. The summed E-state index contributed by atoms with van der Waals surface area (Å²) in [4.78, 5) is 3.58. The van der Waals surface area contributed by atoms with Gasteiger partial charge in [-0.25, -0.2) is 4.99 Å². The second-order valence-electron chi connectivity index (χ2n) is 2.12. The topological polar surface area (TPSA) is 34.7 Å². The molecule has 3 nitrogen and oxygen atoms in total. The number of aliphatic imine (C=N–C) groups is 1. The third-order valence-corrected chi connectivity index (χ3v) is 1.24. The number of hydrogen-bond acceptors (Lipinski definition) is 3. The number of ether oxygens (including phenoxy) is 1. The largest absolute Gasteiger partial charge is 0.458 e. The molecule has 3 heteroatoms. The first-order valence-electron chi connectivity index (χ1n) is 3.43. The second-order valence-corrected chi connectivity index (χ2v) is 2.12. The van der Waals surface area contributed by atoms with Gasteiger partial charge in [0.15, 0.2) is 0 Å². The summed E-state index contributed by atoms with van der Waals surface area (Å²) in [6, 6.07) is 5.74. The molecule has 0 aliphatic rings. The third-order valence-electron chi connectivity index (χ3n) is 1.24. The fraction of sp³-hybridized carbons (Fsp3) is 0.222. The number of furan rings is 1. The van der Waals surface area contributed by atoms with Gasteiger partial charge in [-0.1, -0.05) is 6.42 Å². The van der Waals surface area contributed by atoms with E-state index in [1.54, 1.807) is 13.2 Å². The maximum atomic E-state index is 5.26. The third kappa shape index (κ3) is 2.26. The average molecular weight is 163 g/mol. The van der Waals surface area contributed by atoms with E-state index >= 15 is 0 Å². The molecule has 0 atom stereocenters. The Balaban J connectivity index is 2.65. The van der Waals surface area contributed by atoms with Gasteiger partial charge in [-0.3, -0.25) is 0 Å². The van der Waals surface area contributed by atoms with E-state index in [9.17, 15) is 0 Å². The minimum absolute atomic E-state index is 0.462. The van der Waals surface area contributed by atoms with Crippen LogP contribution in [0.5, 0.6) is 0 Å². The molecule has 62 valence electrons. The van der Waals surface area contributed by atoms with Crippen LogP contribution >= 0.6 is 0 Å². The van der Waals surface area contributed by atoms with Gasteiger partial charge in [0.25, 0.3) is 0 Å². The normalized spacial score (nSPS) is 10.3. The summed E-state index contributed by atoms with van der Waals surface area (Å²) < 4.78 is 10.1. The molecule has 0 bridgehead atoms. The summed E-state index contributed by atoms with van der Waals surface area (Å²) in [6.45, 7) is 0.462. The van der Waals surface area contributed by atoms with Crippen molar-refractivity contribution >= 4 is 6.21 Å². The van der Waals surface area contributed by atoms with E-state index in [1.807, 2.05) is 6.07 Å². The van der Waals surface area contributed by atoms with Gasteiger partial charge in [0.2, 0.25) is 0 Å². The van der Waals surface area contributed by atoms with Crippen molar-refractivity contribution < 1.29 is 9.15 Å². The fourth-order valence-electron chi connectivity index (χ4n) is 0.785. The molecule has 1 rings (SSSR count). The highest BCUT2D eigenvalue weighted by molar-refractivity contribution is 5.76. The van der Waals surface area contributed by atoms with Gasteiger partial charge in [-0.05, 0) is 12.1 Å². The molecule has 0 radical (unpaired) electrons. The van der Waals surface area contributed by atoms with Crippen LogP contribution in [0.15, 0.2) is 21.5 Å². The Morgan fingerprint density at radius 1 is 1.75 bits per heavy atom. The summed E-state index contributed by atoms with van der Waals surface area (Å²) >= 11 is 0. The molecule has 0 amide bonds. The van der Waals surface area contributed by atoms with Crippen LogP contribution in [0, 0.1) is 12.5 Å². The quantitative estimate of drug-likeness (QED) is 0.499.